The first-order valence-corrected chi connectivity index (χ1v) is 32.9. The monoisotopic (exact) mass is 1040 g/mol. The van der Waals surface area contributed by atoms with E-state index >= 15 is 0 Å². The van der Waals surface area contributed by atoms with Crippen LogP contribution in [0.1, 0.15) is 286 Å². The summed E-state index contributed by atoms with van der Waals surface area (Å²) < 4.78 is 17.3. The molecule has 0 atom stereocenters. The molecule has 6 heteroatoms. The Labute approximate surface area is 460 Å². The zero-order valence-corrected chi connectivity index (χ0v) is 49.2. The van der Waals surface area contributed by atoms with Gasteiger partial charge in [-0.2, -0.15) is 0 Å². The average molecular weight is 1040 g/mol. The topological polar surface area (TPSA) is 78.9 Å². The molecule has 0 amide bonds. The van der Waals surface area contributed by atoms with Crippen molar-refractivity contribution in [3.8, 4) is 23.7 Å². The molecule has 0 aromatic rings. The van der Waals surface area contributed by atoms with Gasteiger partial charge in [-0.15, -0.1) is 0 Å². The van der Waals surface area contributed by atoms with Crippen LogP contribution in [0.25, 0.3) is 0 Å². The van der Waals surface area contributed by atoms with Gasteiger partial charge in [-0.25, -0.2) is 0 Å². The van der Waals surface area contributed by atoms with Gasteiger partial charge in [0.05, 0.1) is 17.8 Å². The summed E-state index contributed by atoms with van der Waals surface area (Å²) in [6.07, 6.45) is 46.4. The van der Waals surface area contributed by atoms with Gasteiger partial charge < -0.3 is 14.2 Å². The number of esters is 3. The summed E-state index contributed by atoms with van der Waals surface area (Å²) in [6.45, 7) is 14.0. The first kappa shape index (κ1) is 60.2. The lowest BCUT2D eigenvalue weighted by molar-refractivity contribution is -0.162. The third-order valence-corrected chi connectivity index (χ3v) is 21.2. The second-order valence-electron chi connectivity index (χ2n) is 28.0. The van der Waals surface area contributed by atoms with E-state index in [9.17, 15) is 14.4 Å². The highest BCUT2D eigenvalue weighted by molar-refractivity contribution is 5.75. The molecular weight excluding hydrogens is 925 g/mol. The number of hydrogen-bond donors (Lipinski definition) is 0. The maximum absolute atomic E-state index is 12.4. The number of rotatable bonds is 9. The van der Waals surface area contributed by atoms with Crippen LogP contribution in [-0.2, 0) is 28.6 Å². The highest BCUT2D eigenvalue weighted by Gasteiger charge is 2.35. The Bertz CT molecular complexity index is 1720. The smallest absolute Gasteiger partial charge is 0.309 e. The van der Waals surface area contributed by atoms with Crippen LogP contribution in [0.2, 0.25) is 0 Å². The van der Waals surface area contributed by atoms with E-state index in [4.69, 9.17) is 14.2 Å². The van der Waals surface area contributed by atoms with E-state index in [1.54, 1.807) is 0 Å². The second-order valence-corrected chi connectivity index (χ2v) is 28.0. The molecule has 9 rings (SSSR count). The summed E-state index contributed by atoms with van der Waals surface area (Å²) in [6, 6.07) is 0. The number of carbonyl (C=O) groups excluding carboxylic acids is 3. The predicted molar refractivity (Wildman–Crippen MR) is 307 cm³/mol. The van der Waals surface area contributed by atoms with Gasteiger partial charge in [-0.05, 0) is 253 Å². The molecule has 6 nitrogen and oxygen atoms in total. The maximum Gasteiger partial charge on any atom is 0.309 e. The minimum Gasteiger partial charge on any atom is -0.462 e. The van der Waals surface area contributed by atoms with Gasteiger partial charge in [0.15, 0.2) is 0 Å². The van der Waals surface area contributed by atoms with E-state index in [1.807, 2.05) is 0 Å². The molecule has 0 aromatic heterocycles. The van der Waals surface area contributed by atoms with Crippen LogP contribution >= 0.6 is 0 Å². The molecule has 0 radical (unpaired) electrons. The molecule has 0 unspecified atom stereocenters. The maximum atomic E-state index is 12.4. The predicted octanol–water partition coefficient (Wildman–Crippen LogP) is 18.0. The van der Waals surface area contributed by atoms with Crippen molar-refractivity contribution < 1.29 is 28.6 Å². The zero-order valence-electron chi connectivity index (χ0n) is 49.2. The fraction of sp³-hybridized carbons (Fsp3) is 0.899. The fourth-order valence-corrected chi connectivity index (χ4v) is 14.8. The largest absolute Gasteiger partial charge is 0.462 e. The Morgan fingerprint density at radius 3 is 0.720 bits per heavy atom. The average Bonchev–Trinajstić information content (AvgIpc) is 3.43. The van der Waals surface area contributed by atoms with Gasteiger partial charge in [-0.3, -0.25) is 14.4 Å². The van der Waals surface area contributed by atoms with Crippen molar-refractivity contribution in [3.63, 3.8) is 0 Å². The van der Waals surface area contributed by atoms with E-state index in [2.05, 4.69) is 65.2 Å². The van der Waals surface area contributed by atoms with Gasteiger partial charge in [0.2, 0.25) is 0 Å². The van der Waals surface area contributed by atoms with Gasteiger partial charge in [0.1, 0.15) is 18.3 Å². The van der Waals surface area contributed by atoms with Crippen LogP contribution in [-0.4, -0.2) is 36.2 Å². The first-order chi connectivity index (χ1) is 36.3. The van der Waals surface area contributed by atoms with Crippen LogP contribution < -0.4 is 0 Å². The van der Waals surface area contributed by atoms with Crippen molar-refractivity contribution in [2.75, 3.05) is 0 Å². The SMILES string of the molecule is CC1CCC(C#CC2CCC(C(=O)OC3CCC(C)CC3)CC2)CC1.CC1CCC(C#CC2CCC(CCC3CCC(C)CC3)CC2)CC1.CC1CCC(OC(=O)C2CCC(C(=O)OC3CCC(C)CC3)CC2)CC1. The van der Waals surface area contributed by atoms with E-state index in [0.717, 1.165) is 175 Å². The van der Waals surface area contributed by atoms with E-state index in [1.165, 1.54) is 128 Å². The van der Waals surface area contributed by atoms with Crippen LogP contribution in [0.15, 0.2) is 0 Å². The third kappa shape index (κ3) is 21.6. The van der Waals surface area contributed by atoms with Gasteiger partial charge in [0.25, 0.3) is 0 Å². The Kier molecular flexibility index (Phi) is 25.6. The fourth-order valence-electron chi connectivity index (χ4n) is 14.8. The Morgan fingerprint density at radius 1 is 0.267 bits per heavy atom. The van der Waals surface area contributed by atoms with Gasteiger partial charge in [0, 0.05) is 23.7 Å². The number of ether oxygens (including phenoxy) is 3. The van der Waals surface area contributed by atoms with Crippen LogP contribution in [0.3, 0.4) is 0 Å². The molecule has 9 fully saturated rings. The summed E-state index contributed by atoms with van der Waals surface area (Å²) in [5.74, 6) is 24.4. The van der Waals surface area contributed by atoms with E-state index in [0.29, 0.717) is 11.8 Å². The number of hydrogen-bond acceptors (Lipinski definition) is 6. The molecule has 0 bridgehead atoms. The summed E-state index contributed by atoms with van der Waals surface area (Å²) in [5.41, 5.74) is 0. The molecule has 0 spiro atoms. The first-order valence-electron chi connectivity index (χ1n) is 32.9. The Hall–Kier alpha value is -2.47. The molecule has 9 aliphatic rings. The molecule has 0 N–H and O–H groups in total. The molecule has 0 aliphatic heterocycles. The molecule has 75 heavy (non-hydrogen) atoms. The lowest BCUT2D eigenvalue weighted by Gasteiger charge is -2.31. The lowest BCUT2D eigenvalue weighted by Crippen LogP contribution is -2.33. The molecule has 9 aliphatic carbocycles. The van der Waals surface area contributed by atoms with Crippen molar-refractivity contribution in [1.82, 2.24) is 0 Å². The minimum absolute atomic E-state index is 0.0195. The standard InChI is InChI=1S/C24H40.C23H36O2.C22H36O4/c1-19-3-7-21(8-4-19)11-13-23-15-17-24(18-16-23)14-12-22-9-5-20(2)6-10-22;1-17-3-7-19(8-4-17)9-10-20-11-13-21(14-12-20)23(24)25-22-15-5-18(2)6-16-22;1-15-3-11-19(12-4-15)25-21(23)17-7-9-18(10-8-17)22(24)26-20-13-5-16(2)6-14-20/h19-24H,3-11,13,15-18H2,1-2H3;17-22H,3-8,11-16H2,1-2H3;15-20H,3-14H2,1-2H3. The van der Waals surface area contributed by atoms with Crippen molar-refractivity contribution in [2.45, 2.75) is 304 Å². The highest BCUT2D eigenvalue weighted by atomic mass is 16.6. The van der Waals surface area contributed by atoms with Crippen LogP contribution in [0, 0.1) is 112 Å². The third-order valence-electron chi connectivity index (χ3n) is 21.2. The van der Waals surface area contributed by atoms with Crippen LogP contribution in [0.5, 0.6) is 0 Å². The molecule has 0 aromatic carbocycles. The lowest BCUT2D eigenvalue weighted by atomic mass is 9.76. The quantitative estimate of drug-likeness (QED) is 0.130. The summed E-state index contributed by atoms with van der Waals surface area (Å²) in [4.78, 5) is 37.3. The number of carbonyl (C=O) groups is 3. The van der Waals surface area contributed by atoms with Gasteiger partial charge in [-0.1, -0.05) is 104 Å². The van der Waals surface area contributed by atoms with Gasteiger partial charge >= 0.3 is 17.9 Å². The minimum atomic E-state index is -0.0300. The summed E-state index contributed by atoms with van der Waals surface area (Å²) in [7, 11) is 0. The van der Waals surface area contributed by atoms with Crippen molar-refractivity contribution >= 4 is 17.9 Å². The van der Waals surface area contributed by atoms with Crippen molar-refractivity contribution in [2.24, 2.45) is 88.8 Å². The summed E-state index contributed by atoms with van der Waals surface area (Å²) >= 11 is 0. The summed E-state index contributed by atoms with van der Waals surface area (Å²) in [5, 5.41) is 0. The Balaban J connectivity index is 0.000000164. The molecule has 9 saturated carbocycles. The second kappa shape index (κ2) is 32.0. The van der Waals surface area contributed by atoms with Crippen molar-refractivity contribution in [3.05, 3.63) is 0 Å². The normalized spacial score (nSPS) is 39.3. The molecular formula is C69H112O6. The van der Waals surface area contributed by atoms with Crippen LogP contribution in [0.4, 0.5) is 0 Å². The van der Waals surface area contributed by atoms with E-state index < -0.39 is 0 Å². The zero-order chi connectivity index (χ0) is 52.9. The van der Waals surface area contributed by atoms with Crippen molar-refractivity contribution in [1.29, 1.82) is 0 Å². The molecule has 424 valence electrons. The molecule has 0 saturated heterocycles. The molecule has 0 heterocycles. The van der Waals surface area contributed by atoms with E-state index in [-0.39, 0.29) is 54.0 Å². The highest BCUT2D eigenvalue weighted by Crippen LogP contribution is 2.39. The Morgan fingerprint density at radius 2 is 0.453 bits per heavy atom.